The monoisotopic (exact) mass is 665 g/mol. The van der Waals surface area contributed by atoms with E-state index < -0.39 is 0 Å². The molecule has 9 rings (SSSR count). The van der Waals surface area contributed by atoms with Crippen LogP contribution in [0.2, 0.25) is 0 Å². The first-order valence-corrected chi connectivity index (χ1v) is 17.7. The lowest BCUT2D eigenvalue weighted by molar-refractivity contribution is 0.632. The van der Waals surface area contributed by atoms with E-state index in [1.165, 1.54) is 27.8 Å². The number of fused-ring (bicyclic) bond motifs is 1. The Morgan fingerprint density at radius 2 is 0.827 bits per heavy atom. The van der Waals surface area contributed by atoms with Crippen molar-refractivity contribution in [3.8, 4) is 55.8 Å². The average Bonchev–Trinajstić information content (AvgIpc) is 3.67. The molecule has 8 aromatic carbocycles. The van der Waals surface area contributed by atoms with Crippen LogP contribution in [-0.4, -0.2) is 0 Å². The Kier molecular flexibility index (Phi) is 8.24. The molecule has 0 aliphatic carbocycles. The minimum absolute atomic E-state index is 0.879. The predicted molar refractivity (Wildman–Crippen MR) is 218 cm³/mol. The second-order valence-electron chi connectivity index (χ2n) is 13.0. The first kappa shape index (κ1) is 31.1. The van der Waals surface area contributed by atoms with E-state index in [0.717, 1.165) is 56.0 Å². The van der Waals surface area contributed by atoms with Crippen molar-refractivity contribution in [1.82, 2.24) is 0 Å². The first-order chi connectivity index (χ1) is 25.8. The van der Waals surface area contributed by atoms with Gasteiger partial charge in [-0.3, -0.25) is 0 Å². The van der Waals surface area contributed by atoms with Crippen LogP contribution in [0, 0.1) is 0 Å². The molecule has 0 spiro atoms. The van der Waals surface area contributed by atoms with Gasteiger partial charge in [0.15, 0.2) is 0 Å². The molecule has 0 saturated carbocycles. The predicted octanol–water partition coefficient (Wildman–Crippen LogP) is 14.2. The molecule has 0 atom stereocenters. The van der Waals surface area contributed by atoms with Gasteiger partial charge in [-0.15, -0.1) is 0 Å². The Morgan fingerprint density at radius 3 is 1.56 bits per heavy atom. The SMILES string of the molecule is c1ccc(-c2cccc(N(c3ccc(-c4ccc(-c5ccccc5-c5cc6ccccc6o5)cc4)cc3)c3ccccc3-c3ccccc3)c2)cc1. The lowest BCUT2D eigenvalue weighted by atomic mass is 9.95. The summed E-state index contributed by atoms with van der Waals surface area (Å²) in [4.78, 5) is 2.37. The zero-order valence-electron chi connectivity index (χ0n) is 28.6. The lowest BCUT2D eigenvalue weighted by Crippen LogP contribution is -2.11. The molecule has 52 heavy (non-hydrogen) atoms. The molecule has 0 fully saturated rings. The Labute approximate surface area is 304 Å². The number of furan rings is 1. The van der Waals surface area contributed by atoms with Gasteiger partial charge in [-0.2, -0.15) is 0 Å². The molecule has 0 radical (unpaired) electrons. The summed E-state index contributed by atoms with van der Waals surface area (Å²) in [6.45, 7) is 0. The molecule has 0 aliphatic rings. The number of para-hydroxylation sites is 2. The maximum atomic E-state index is 6.26. The van der Waals surface area contributed by atoms with Gasteiger partial charge >= 0.3 is 0 Å². The van der Waals surface area contributed by atoms with Gasteiger partial charge in [0.05, 0.1) is 5.69 Å². The highest BCUT2D eigenvalue weighted by atomic mass is 16.3. The van der Waals surface area contributed by atoms with Gasteiger partial charge in [0.25, 0.3) is 0 Å². The van der Waals surface area contributed by atoms with Crippen molar-refractivity contribution in [2.75, 3.05) is 4.90 Å². The van der Waals surface area contributed by atoms with E-state index in [1.54, 1.807) is 0 Å². The number of nitrogens with zero attached hydrogens (tertiary/aromatic N) is 1. The van der Waals surface area contributed by atoms with Crippen molar-refractivity contribution in [3.05, 3.63) is 212 Å². The van der Waals surface area contributed by atoms with Crippen LogP contribution in [0.5, 0.6) is 0 Å². The number of rotatable bonds is 8. The van der Waals surface area contributed by atoms with Gasteiger partial charge in [-0.05, 0) is 81.4 Å². The molecule has 0 bridgehead atoms. The van der Waals surface area contributed by atoms with Gasteiger partial charge < -0.3 is 9.32 Å². The van der Waals surface area contributed by atoms with Gasteiger partial charge in [-0.25, -0.2) is 0 Å². The molecule has 1 heterocycles. The summed E-state index contributed by atoms with van der Waals surface area (Å²) < 4.78 is 6.26. The van der Waals surface area contributed by atoms with Crippen LogP contribution < -0.4 is 4.90 Å². The Balaban J connectivity index is 1.07. The summed E-state index contributed by atoms with van der Waals surface area (Å²) in [5, 5.41) is 1.11. The molecule has 2 heteroatoms. The fourth-order valence-electron chi connectivity index (χ4n) is 7.12. The summed E-state index contributed by atoms with van der Waals surface area (Å²) in [5.74, 6) is 0.879. The minimum atomic E-state index is 0.879. The number of anilines is 3. The Hall–Kier alpha value is -6.90. The van der Waals surface area contributed by atoms with Crippen molar-refractivity contribution >= 4 is 28.0 Å². The van der Waals surface area contributed by atoms with Crippen molar-refractivity contribution in [2.24, 2.45) is 0 Å². The summed E-state index contributed by atoms with van der Waals surface area (Å²) >= 11 is 0. The summed E-state index contributed by atoms with van der Waals surface area (Å²) in [6.07, 6.45) is 0. The van der Waals surface area contributed by atoms with Crippen molar-refractivity contribution < 1.29 is 4.42 Å². The topological polar surface area (TPSA) is 16.4 Å². The highest BCUT2D eigenvalue weighted by molar-refractivity contribution is 5.91. The van der Waals surface area contributed by atoms with Gasteiger partial charge in [0.2, 0.25) is 0 Å². The molecule has 2 nitrogen and oxygen atoms in total. The fraction of sp³-hybridized carbons (Fsp3) is 0. The number of hydrogen-bond donors (Lipinski definition) is 0. The molecule has 9 aromatic rings. The molecule has 1 aromatic heterocycles. The average molecular weight is 666 g/mol. The van der Waals surface area contributed by atoms with Crippen molar-refractivity contribution in [1.29, 1.82) is 0 Å². The molecule has 0 aliphatic heterocycles. The smallest absolute Gasteiger partial charge is 0.136 e. The number of hydrogen-bond acceptors (Lipinski definition) is 2. The molecule has 0 unspecified atom stereocenters. The standard InChI is InChI=1S/C50H35NO/c1-3-14-36(15-4-1)41-19-13-20-44(34-41)51(48-24-11-10-22-46(48)39-16-5-2-6-17-39)43-32-30-38(31-33-43)37-26-28-40(29-27-37)45-21-8-9-23-47(45)50-35-42-18-7-12-25-49(42)52-50/h1-35H. The molecule has 0 N–H and O–H groups in total. The van der Waals surface area contributed by atoms with Crippen molar-refractivity contribution in [3.63, 3.8) is 0 Å². The van der Waals surface area contributed by atoms with Gasteiger partial charge in [-0.1, -0.05) is 170 Å². The highest BCUT2D eigenvalue weighted by Crippen LogP contribution is 2.42. The second-order valence-corrected chi connectivity index (χ2v) is 13.0. The maximum Gasteiger partial charge on any atom is 0.136 e. The lowest BCUT2D eigenvalue weighted by Gasteiger charge is -2.28. The largest absolute Gasteiger partial charge is 0.456 e. The quantitative estimate of drug-likeness (QED) is 0.161. The molecular formula is C50H35NO. The van der Waals surface area contributed by atoms with Crippen LogP contribution in [0.15, 0.2) is 217 Å². The molecule has 0 amide bonds. The Bertz CT molecular complexity index is 2570. The summed E-state index contributed by atoms with van der Waals surface area (Å²) in [7, 11) is 0. The van der Waals surface area contributed by atoms with E-state index in [1.807, 2.05) is 18.2 Å². The second kappa shape index (κ2) is 13.8. The van der Waals surface area contributed by atoms with Crippen LogP contribution in [0.4, 0.5) is 17.1 Å². The van der Waals surface area contributed by atoms with E-state index >= 15 is 0 Å². The van der Waals surface area contributed by atoms with Crippen LogP contribution >= 0.6 is 0 Å². The molecular weight excluding hydrogens is 631 g/mol. The highest BCUT2D eigenvalue weighted by Gasteiger charge is 2.18. The normalized spacial score (nSPS) is 11.1. The zero-order valence-corrected chi connectivity index (χ0v) is 28.6. The van der Waals surface area contributed by atoms with E-state index in [0.29, 0.717) is 0 Å². The Morgan fingerprint density at radius 1 is 0.308 bits per heavy atom. The maximum absolute atomic E-state index is 6.26. The van der Waals surface area contributed by atoms with E-state index in [4.69, 9.17) is 4.42 Å². The summed E-state index contributed by atoms with van der Waals surface area (Å²) in [6, 6.07) is 75.2. The third-order valence-corrected chi connectivity index (χ3v) is 9.71. The fourth-order valence-corrected chi connectivity index (χ4v) is 7.12. The van der Waals surface area contributed by atoms with E-state index in [2.05, 4.69) is 199 Å². The van der Waals surface area contributed by atoms with Gasteiger partial charge in [0.1, 0.15) is 11.3 Å². The third-order valence-electron chi connectivity index (χ3n) is 9.71. The minimum Gasteiger partial charge on any atom is -0.456 e. The van der Waals surface area contributed by atoms with E-state index in [9.17, 15) is 0 Å². The van der Waals surface area contributed by atoms with Crippen molar-refractivity contribution in [2.45, 2.75) is 0 Å². The van der Waals surface area contributed by atoms with E-state index in [-0.39, 0.29) is 0 Å². The van der Waals surface area contributed by atoms with Gasteiger partial charge in [0, 0.05) is 27.9 Å². The molecule has 0 saturated heterocycles. The van der Waals surface area contributed by atoms with Crippen LogP contribution in [0.1, 0.15) is 0 Å². The van der Waals surface area contributed by atoms with Crippen LogP contribution in [0.3, 0.4) is 0 Å². The number of benzene rings is 8. The van der Waals surface area contributed by atoms with Crippen LogP contribution in [0.25, 0.3) is 66.8 Å². The zero-order chi connectivity index (χ0) is 34.7. The molecule has 246 valence electrons. The first-order valence-electron chi connectivity index (χ1n) is 17.7. The summed E-state index contributed by atoms with van der Waals surface area (Å²) in [5.41, 5.74) is 14.7. The van der Waals surface area contributed by atoms with Crippen LogP contribution in [-0.2, 0) is 0 Å². The third kappa shape index (κ3) is 6.08.